The molecular weight excluding hydrogens is 277 g/mol. The van der Waals surface area contributed by atoms with Crippen molar-refractivity contribution in [2.75, 3.05) is 0 Å². The summed E-state index contributed by atoms with van der Waals surface area (Å²) in [5, 5.41) is 11.3. The molecule has 0 fully saturated rings. The summed E-state index contributed by atoms with van der Waals surface area (Å²) in [6.07, 6.45) is -0.292. The fourth-order valence-corrected chi connectivity index (χ4v) is 2.57. The lowest BCUT2D eigenvalue weighted by atomic mass is 10.0. The smallest absolute Gasteiger partial charge is 0.144 e. The molecule has 3 aromatic rings. The Bertz CT molecular complexity index is 861. The van der Waals surface area contributed by atoms with Gasteiger partial charge in [-0.2, -0.15) is 5.26 Å². The predicted molar refractivity (Wildman–Crippen MR) is 84.1 cm³/mol. The molecule has 3 heteroatoms. The minimum absolute atomic E-state index is 0.0606. The van der Waals surface area contributed by atoms with E-state index in [1.54, 1.807) is 12.1 Å². The highest BCUT2D eigenvalue weighted by Gasteiger charge is 2.15. The van der Waals surface area contributed by atoms with Crippen molar-refractivity contribution >= 4 is 10.8 Å². The lowest BCUT2D eigenvalue weighted by Gasteiger charge is -2.18. The molecule has 3 aromatic carbocycles. The Labute approximate surface area is 128 Å². The number of hydrogen-bond donors (Lipinski definition) is 0. The van der Waals surface area contributed by atoms with Gasteiger partial charge in [0.25, 0.3) is 0 Å². The van der Waals surface area contributed by atoms with Crippen LogP contribution in [0.3, 0.4) is 0 Å². The lowest BCUT2D eigenvalue weighted by Crippen LogP contribution is -2.05. The maximum Gasteiger partial charge on any atom is 0.144 e. The van der Waals surface area contributed by atoms with E-state index in [9.17, 15) is 4.39 Å². The molecule has 0 aliphatic rings. The summed E-state index contributed by atoms with van der Waals surface area (Å²) in [7, 11) is 0. The second-order valence-electron chi connectivity index (χ2n) is 5.05. The first kappa shape index (κ1) is 14.1. The van der Waals surface area contributed by atoms with Crippen LogP contribution in [0.15, 0.2) is 60.7 Å². The maximum atomic E-state index is 13.7. The summed E-state index contributed by atoms with van der Waals surface area (Å²) >= 11 is 0. The predicted octanol–water partition coefficient (Wildman–Crippen LogP) is 4.99. The summed E-state index contributed by atoms with van der Waals surface area (Å²) in [6, 6.07) is 20.3. The van der Waals surface area contributed by atoms with Crippen molar-refractivity contribution < 1.29 is 9.13 Å². The van der Waals surface area contributed by atoms with Gasteiger partial charge in [0.2, 0.25) is 0 Å². The van der Waals surface area contributed by atoms with Crippen LogP contribution in [0.5, 0.6) is 5.75 Å². The fraction of sp³-hybridized carbons (Fsp3) is 0.105. The molecule has 0 bridgehead atoms. The lowest BCUT2D eigenvalue weighted by molar-refractivity contribution is 0.227. The first-order chi connectivity index (χ1) is 10.7. The van der Waals surface area contributed by atoms with E-state index < -0.39 is 5.82 Å². The monoisotopic (exact) mass is 291 g/mol. The van der Waals surface area contributed by atoms with E-state index in [2.05, 4.69) is 0 Å². The molecular formula is C19H14FNO. The van der Waals surface area contributed by atoms with Crippen molar-refractivity contribution in [2.45, 2.75) is 13.0 Å². The number of halogens is 1. The number of nitrogens with zero attached hydrogens (tertiary/aromatic N) is 1. The molecule has 2 nitrogen and oxygen atoms in total. The van der Waals surface area contributed by atoms with Gasteiger partial charge in [0, 0.05) is 0 Å². The van der Waals surface area contributed by atoms with E-state index >= 15 is 0 Å². The molecule has 0 spiro atoms. The van der Waals surface area contributed by atoms with Gasteiger partial charge in [-0.25, -0.2) is 4.39 Å². The number of hydrogen-bond acceptors (Lipinski definition) is 2. The Morgan fingerprint density at radius 3 is 2.55 bits per heavy atom. The zero-order valence-corrected chi connectivity index (χ0v) is 12.1. The Balaban J connectivity index is 2.00. The number of ether oxygens (including phenoxy) is 1. The molecule has 3 rings (SSSR count). The van der Waals surface area contributed by atoms with Crippen LogP contribution >= 0.6 is 0 Å². The van der Waals surface area contributed by atoms with Crippen LogP contribution in [-0.4, -0.2) is 0 Å². The van der Waals surface area contributed by atoms with Crippen LogP contribution in [-0.2, 0) is 0 Å². The van der Waals surface area contributed by atoms with Crippen molar-refractivity contribution in [3.8, 4) is 11.8 Å². The fourth-order valence-electron chi connectivity index (χ4n) is 2.57. The molecule has 0 saturated heterocycles. The van der Waals surface area contributed by atoms with Crippen molar-refractivity contribution in [1.82, 2.24) is 0 Å². The molecule has 0 amide bonds. The Hall–Kier alpha value is -2.86. The Morgan fingerprint density at radius 1 is 1.00 bits per heavy atom. The minimum Gasteiger partial charge on any atom is -0.485 e. The molecule has 0 N–H and O–H groups in total. The zero-order valence-electron chi connectivity index (χ0n) is 12.1. The molecule has 0 saturated carbocycles. The van der Waals surface area contributed by atoms with Crippen molar-refractivity contribution in [3.63, 3.8) is 0 Å². The van der Waals surface area contributed by atoms with E-state index in [4.69, 9.17) is 10.00 Å². The van der Waals surface area contributed by atoms with Gasteiger partial charge in [0.15, 0.2) is 0 Å². The molecule has 0 aromatic heterocycles. The average molecular weight is 291 g/mol. The van der Waals surface area contributed by atoms with Crippen molar-refractivity contribution in [2.24, 2.45) is 0 Å². The van der Waals surface area contributed by atoms with E-state index in [1.165, 1.54) is 6.07 Å². The van der Waals surface area contributed by atoms with Crippen LogP contribution < -0.4 is 4.74 Å². The highest BCUT2D eigenvalue weighted by atomic mass is 19.1. The maximum absolute atomic E-state index is 13.7. The van der Waals surface area contributed by atoms with Gasteiger partial charge in [0.1, 0.15) is 29.3 Å². The second kappa shape index (κ2) is 5.87. The summed E-state index contributed by atoms with van der Waals surface area (Å²) < 4.78 is 19.5. The SMILES string of the molecule is C[C@@H](Oc1cccc(F)c1C#N)c1cccc2ccccc12. The number of fused-ring (bicyclic) bond motifs is 1. The standard InChI is InChI=1S/C19H14FNO/c1-13(22-19-11-5-10-18(20)17(19)12-21)15-9-4-7-14-6-2-3-8-16(14)15/h2-11,13H,1H3/t13-/m1/s1. The highest BCUT2D eigenvalue weighted by Crippen LogP contribution is 2.30. The third-order valence-corrected chi connectivity index (χ3v) is 3.65. The van der Waals surface area contributed by atoms with Gasteiger partial charge in [-0.3, -0.25) is 0 Å². The molecule has 0 unspecified atom stereocenters. The topological polar surface area (TPSA) is 33.0 Å². The van der Waals surface area contributed by atoms with E-state index in [1.807, 2.05) is 55.5 Å². The summed E-state index contributed by atoms with van der Waals surface area (Å²) in [4.78, 5) is 0. The van der Waals surface area contributed by atoms with Crippen LogP contribution in [0, 0.1) is 17.1 Å². The third-order valence-electron chi connectivity index (χ3n) is 3.65. The van der Waals surface area contributed by atoms with E-state index in [0.717, 1.165) is 16.3 Å². The molecule has 22 heavy (non-hydrogen) atoms. The van der Waals surface area contributed by atoms with Crippen molar-refractivity contribution in [1.29, 1.82) is 5.26 Å². The second-order valence-corrected chi connectivity index (χ2v) is 5.05. The molecule has 0 aliphatic carbocycles. The molecule has 0 radical (unpaired) electrons. The van der Waals surface area contributed by atoms with Crippen LogP contribution in [0.1, 0.15) is 24.2 Å². The van der Waals surface area contributed by atoms with Gasteiger partial charge in [-0.05, 0) is 35.4 Å². The average Bonchev–Trinajstić information content (AvgIpc) is 2.54. The first-order valence-electron chi connectivity index (χ1n) is 7.03. The minimum atomic E-state index is -0.565. The summed E-state index contributed by atoms with van der Waals surface area (Å²) in [5.74, 6) is -0.298. The molecule has 0 aliphatic heterocycles. The van der Waals surface area contributed by atoms with Crippen LogP contribution in [0.25, 0.3) is 10.8 Å². The van der Waals surface area contributed by atoms with Crippen molar-refractivity contribution in [3.05, 3.63) is 77.6 Å². The first-order valence-corrected chi connectivity index (χ1v) is 7.03. The number of benzene rings is 3. The quantitative estimate of drug-likeness (QED) is 0.681. The third kappa shape index (κ3) is 2.51. The van der Waals surface area contributed by atoms with E-state index in [0.29, 0.717) is 0 Å². The normalized spacial score (nSPS) is 11.9. The van der Waals surface area contributed by atoms with Gasteiger partial charge in [0.05, 0.1) is 0 Å². The van der Waals surface area contributed by atoms with E-state index in [-0.39, 0.29) is 17.4 Å². The largest absolute Gasteiger partial charge is 0.485 e. The van der Waals surface area contributed by atoms with Crippen LogP contribution in [0.4, 0.5) is 4.39 Å². The number of rotatable bonds is 3. The summed E-state index contributed by atoms with van der Waals surface area (Å²) in [5.41, 5.74) is 0.945. The number of nitriles is 1. The molecule has 0 heterocycles. The van der Waals surface area contributed by atoms with Crippen LogP contribution in [0.2, 0.25) is 0 Å². The zero-order chi connectivity index (χ0) is 15.5. The van der Waals surface area contributed by atoms with Gasteiger partial charge in [-0.15, -0.1) is 0 Å². The highest BCUT2D eigenvalue weighted by molar-refractivity contribution is 5.86. The molecule has 108 valence electrons. The molecule has 1 atom stereocenters. The van der Waals surface area contributed by atoms with Gasteiger partial charge in [-0.1, -0.05) is 48.5 Å². The summed E-state index contributed by atoms with van der Waals surface area (Å²) in [6.45, 7) is 1.90. The Kier molecular flexibility index (Phi) is 3.76. The van der Waals surface area contributed by atoms with Gasteiger partial charge >= 0.3 is 0 Å². The van der Waals surface area contributed by atoms with Gasteiger partial charge < -0.3 is 4.74 Å². The Morgan fingerprint density at radius 2 is 1.73 bits per heavy atom.